The fourth-order valence-electron chi connectivity index (χ4n) is 4.24. The van der Waals surface area contributed by atoms with Crippen LogP contribution in [0.15, 0.2) is 91.0 Å². The minimum atomic E-state index is -2.19. The third-order valence-electron chi connectivity index (χ3n) is 5.20. The van der Waals surface area contributed by atoms with Crippen molar-refractivity contribution in [3.63, 3.8) is 0 Å². The Morgan fingerprint density at radius 2 is 0.960 bits per heavy atom. The Labute approximate surface area is 152 Å². The average Bonchev–Trinajstić information content (AvgIpc) is 2.68. The van der Waals surface area contributed by atoms with Crippen molar-refractivity contribution in [2.75, 3.05) is 14.1 Å². The molecule has 0 N–H and O–H groups in total. The van der Waals surface area contributed by atoms with Crippen molar-refractivity contribution in [3.05, 3.63) is 91.0 Å². The molecule has 25 heavy (non-hydrogen) atoms. The third-order valence-corrected chi connectivity index (χ3v) is 10.9. The van der Waals surface area contributed by atoms with Crippen molar-refractivity contribution in [2.24, 2.45) is 0 Å². The summed E-state index contributed by atoms with van der Waals surface area (Å²) in [5.41, 5.74) is 0. The van der Waals surface area contributed by atoms with Gasteiger partial charge in [-0.05, 0) is 0 Å². The topological polar surface area (TPSA) is 3.24 Å². The van der Waals surface area contributed by atoms with Crippen molar-refractivity contribution in [2.45, 2.75) is 19.1 Å². The summed E-state index contributed by atoms with van der Waals surface area (Å²) in [6.45, 7) is 2.32. The van der Waals surface area contributed by atoms with Crippen LogP contribution in [0, 0.1) is 0 Å². The maximum absolute atomic E-state index is 2.43. The van der Waals surface area contributed by atoms with Crippen LogP contribution in [0.2, 0.25) is 0 Å². The van der Waals surface area contributed by atoms with E-state index in [-0.39, 0.29) is 0 Å². The van der Waals surface area contributed by atoms with Gasteiger partial charge < -0.3 is 0 Å². The van der Waals surface area contributed by atoms with E-state index in [0.717, 1.165) is 6.42 Å². The molecule has 1 nitrogen and oxygen atoms in total. The summed E-state index contributed by atoms with van der Waals surface area (Å²) in [5.74, 6) is 0.486. The number of hydrogen-bond donors (Lipinski definition) is 0. The van der Waals surface area contributed by atoms with Crippen LogP contribution in [0.4, 0.5) is 0 Å². The van der Waals surface area contributed by atoms with Gasteiger partial charge in [0.2, 0.25) is 0 Å². The second kappa shape index (κ2) is 7.95. The molecule has 1 atom stereocenters. The summed E-state index contributed by atoms with van der Waals surface area (Å²) < 4.78 is 0. The predicted octanol–water partition coefficient (Wildman–Crippen LogP) is 4.01. The van der Waals surface area contributed by atoms with Gasteiger partial charge in [-0.1, -0.05) is 0 Å². The number of nitrogens with zero attached hydrogens (tertiary/aromatic N) is 1. The van der Waals surface area contributed by atoms with Gasteiger partial charge in [0.25, 0.3) is 0 Å². The van der Waals surface area contributed by atoms with E-state index in [1.807, 2.05) is 0 Å². The van der Waals surface area contributed by atoms with Crippen molar-refractivity contribution in [3.8, 4) is 0 Å². The van der Waals surface area contributed by atoms with Gasteiger partial charge in [0.15, 0.2) is 0 Å². The van der Waals surface area contributed by atoms with Crippen LogP contribution in [0.5, 0.6) is 0 Å². The number of rotatable bonds is 6. The van der Waals surface area contributed by atoms with Crippen LogP contribution in [-0.4, -0.2) is 24.8 Å². The molecule has 0 aliphatic carbocycles. The molecule has 0 spiro atoms. The van der Waals surface area contributed by atoms with E-state index in [4.69, 9.17) is 0 Å². The standard InChI is InChI=1S/C23H28NP/c1-4-23(24(2)3)25(20-14-8-5-9-15-20,21-16-10-6-11-17-21)22-18-12-7-13-19-22/h5-19,23,25H,4H2,1-3H3. The van der Waals surface area contributed by atoms with Crippen LogP contribution in [0.3, 0.4) is 0 Å². The summed E-state index contributed by atoms with van der Waals surface area (Å²) in [6, 6.07) is 33.5. The summed E-state index contributed by atoms with van der Waals surface area (Å²) in [5, 5.41) is 4.44. The van der Waals surface area contributed by atoms with E-state index < -0.39 is 7.26 Å². The van der Waals surface area contributed by atoms with Crippen LogP contribution in [-0.2, 0) is 0 Å². The zero-order valence-electron chi connectivity index (χ0n) is 15.4. The molecular weight excluding hydrogens is 321 g/mol. The Hall–Kier alpha value is -1.95. The molecule has 0 aromatic heterocycles. The quantitative estimate of drug-likeness (QED) is 0.608. The third kappa shape index (κ3) is 3.27. The summed E-state index contributed by atoms with van der Waals surface area (Å²) in [4.78, 5) is 2.43. The molecular formula is C23H28NP. The Balaban J connectivity index is 2.40. The second-order valence-corrected chi connectivity index (χ2v) is 10.8. The summed E-state index contributed by atoms with van der Waals surface area (Å²) in [7, 11) is 2.26. The van der Waals surface area contributed by atoms with E-state index in [1.54, 1.807) is 0 Å². The average molecular weight is 349 g/mol. The zero-order valence-corrected chi connectivity index (χ0v) is 16.4. The molecule has 0 bridgehead atoms. The van der Waals surface area contributed by atoms with Crippen LogP contribution in [0.1, 0.15) is 13.3 Å². The van der Waals surface area contributed by atoms with E-state index in [1.165, 1.54) is 15.9 Å². The molecule has 0 amide bonds. The fourth-order valence-corrected chi connectivity index (χ4v) is 9.93. The van der Waals surface area contributed by atoms with Crippen molar-refractivity contribution in [1.29, 1.82) is 0 Å². The van der Waals surface area contributed by atoms with Gasteiger partial charge >= 0.3 is 152 Å². The van der Waals surface area contributed by atoms with Crippen LogP contribution < -0.4 is 15.9 Å². The normalized spacial score (nSPS) is 13.6. The first-order chi connectivity index (χ1) is 12.2. The van der Waals surface area contributed by atoms with Crippen molar-refractivity contribution < 1.29 is 0 Å². The molecule has 2 heteroatoms. The zero-order chi connectivity index (χ0) is 17.7. The first kappa shape index (κ1) is 17.9. The fraction of sp³-hybridized carbons (Fsp3) is 0.217. The van der Waals surface area contributed by atoms with Gasteiger partial charge in [-0.25, -0.2) is 0 Å². The molecule has 0 heterocycles. The number of benzene rings is 3. The van der Waals surface area contributed by atoms with Gasteiger partial charge in [0.05, 0.1) is 0 Å². The summed E-state index contributed by atoms with van der Waals surface area (Å²) >= 11 is 0. The molecule has 3 rings (SSSR count). The molecule has 3 aromatic rings. The summed E-state index contributed by atoms with van der Waals surface area (Å²) in [6.07, 6.45) is 1.12. The Bertz CT molecular complexity index is 672. The van der Waals surface area contributed by atoms with Crippen LogP contribution in [0.25, 0.3) is 0 Å². The minimum absolute atomic E-state index is 0.486. The molecule has 0 saturated carbocycles. The van der Waals surface area contributed by atoms with Crippen molar-refractivity contribution in [1.82, 2.24) is 4.90 Å². The Morgan fingerprint density at radius 1 is 0.640 bits per heavy atom. The first-order valence-electron chi connectivity index (χ1n) is 9.04. The van der Waals surface area contributed by atoms with Crippen molar-refractivity contribution >= 4 is 23.2 Å². The molecule has 130 valence electrons. The van der Waals surface area contributed by atoms with Gasteiger partial charge in [-0.3, -0.25) is 0 Å². The molecule has 0 radical (unpaired) electrons. The van der Waals surface area contributed by atoms with Gasteiger partial charge in [-0.2, -0.15) is 0 Å². The predicted molar refractivity (Wildman–Crippen MR) is 114 cm³/mol. The molecule has 0 aliphatic rings. The first-order valence-corrected chi connectivity index (χ1v) is 11.1. The van der Waals surface area contributed by atoms with Crippen LogP contribution >= 0.6 is 7.26 Å². The van der Waals surface area contributed by atoms with E-state index >= 15 is 0 Å². The van der Waals surface area contributed by atoms with E-state index in [0.29, 0.717) is 5.78 Å². The maximum atomic E-state index is 2.43. The SMILES string of the molecule is CCC(N(C)C)[PH](c1ccccc1)(c1ccccc1)c1ccccc1. The van der Waals surface area contributed by atoms with Gasteiger partial charge in [0.1, 0.15) is 0 Å². The van der Waals surface area contributed by atoms with Gasteiger partial charge in [0, 0.05) is 0 Å². The molecule has 0 fully saturated rings. The second-order valence-electron chi connectivity index (χ2n) is 6.79. The van der Waals surface area contributed by atoms with Gasteiger partial charge in [-0.15, -0.1) is 0 Å². The molecule has 0 saturated heterocycles. The molecule has 3 aromatic carbocycles. The molecule has 1 unspecified atom stereocenters. The van der Waals surface area contributed by atoms with E-state index in [2.05, 4.69) is 117 Å². The Morgan fingerprint density at radius 3 is 1.20 bits per heavy atom. The molecule has 0 aliphatic heterocycles. The van der Waals surface area contributed by atoms with E-state index in [9.17, 15) is 0 Å². The number of hydrogen-bond acceptors (Lipinski definition) is 1. The Kier molecular flexibility index (Phi) is 5.68. The monoisotopic (exact) mass is 349 g/mol.